The molecule has 0 aromatic heterocycles. The van der Waals surface area contributed by atoms with Gasteiger partial charge in [0, 0.05) is 17.8 Å². The van der Waals surface area contributed by atoms with Crippen LogP contribution in [0.5, 0.6) is 0 Å². The largest absolute Gasteiger partial charge is 0.370 e. The highest BCUT2D eigenvalue weighted by molar-refractivity contribution is 7.99. The minimum absolute atomic E-state index is 0.309. The monoisotopic (exact) mass is 269 g/mol. The Morgan fingerprint density at radius 3 is 2.72 bits per heavy atom. The van der Waals surface area contributed by atoms with Crippen molar-refractivity contribution in [1.29, 1.82) is 0 Å². The number of rotatable bonds is 4. The topological polar surface area (TPSA) is 21.3 Å². The number of hydrogen-bond acceptors (Lipinski definition) is 3. The summed E-state index contributed by atoms with van der Waals surface area (Å²) in [5.74, 6) is 0. The molecule has 3 heteroatoms. The van der Waals surface area contributed by atoms with Gasteiger partial charge in [-0.2, -0.15) is 11.8 Å². The summed E-state index contributed by atoms with van der Waals surface area (Å²) in [6.45, 7) is 1.09. The smallest absolute Gasteiger partial charge is 0.0708 e. The fourth-order valence-corrected chi connectivity index (χ4v) is 4.86. The van der Waals surface area contributed by atoms with Crippen molar-refractivity contribution in [2.45, 2.75) is 80.8 Å². The molecule has 18 heavy (non-hydrogen) atoms. The van der Waals surface area contributed by atoms with Gasteiger partial charge in [0.05, 0.1) is 11.7 Å². The molecular weight excluding hydrogens is 242 g/mol. The van der Waals surface area contributed by atoms with Crippen LogP contribution in [0.15, 0.2) is 0 Å². The highest BCUT2D eigenvalue weighted by Gasteiger charge is 2.42. The van der Waals surface area contributed by atoms with Crippen LogP contribution in [-0.4, -0.2) is 35.8 Å². The van der Waals surface area contributed by atoms with Gasteiger partial charge >= 0.3 is 0 Å². The molecule has 3 atom stereocenters. The Hall–Kier alpha value is 0.270. The Labute approximate surface area is 116 Å². The van der Waals surface area contributed by atoms with Crippen LogP contribution in [0.25, 0.3) is 0 Å². The molecule has 1 heterocycles. The second kappa shape index (κ2) is 5.72. The van der Waals surface area contributed by atoms with Crippen LogP contribution in [0.1, 0.15) is 57.8 Å². The van der Waals surface area contributed by atoms with Gasteiger partial charge in [0.1, 0.15) is 0 Å². The molecule has 3 unspecified atom stereocenters. The zero-order valence-corrected chi connectivity index (χ0v) is 12.4. The normalized spacial score (nSPS) is 38.8. The Bertz CT molecular complexity index is 278. The van der Waals surface area contributed by atoms with E-state index in [4.69, 9.17) is 4.74 Å². The number of ether oxygens (including phenoxy) is 1. The molecule has 1 saturated heterocycles. The quantitative estimate of drug-likeness (QED) is 0.845. The van der Waals surface area contributed by atoms with Crippen molar-refractivity contribution in [1.82, 2.24) is 5.32 Å². The van der Waals surface area contributed by atoms with E-state index < -0.39 is 0 Å². The Balaban J connectivity index is 1.39. The highest BCUT2D eigenvalue weighted by Crippen LogP contribution is 2.43. The third kappa shape index (κ3) is 2.88. The van der Waals surface area contributed by atoms with Crippen molar-refractivity contribution < 1.29 is 4.74 Å². The SMILES string of the molecule is CSC1CCC(NCC2CCC3(CCCC3)O2)C1. The lowest BCUT2D eigenvalue weighted by atomic mass is 9.98. The van der Waals surface area contributed by atoms with E-state index in [2.05, 4.69) is 11.6 Å². The van der Waals surface area contributed by atoms with Gasteiger partial charge in [-0.3, -0.25) is 0 Å². The molecule has 0 aromatic rings. The van der Waals surface area contributed by atoms with Gasteiger partial charge in [-0.1, -0.05) is 12.8 Å². The third-order valence-corrected chi connectivity index (χ3v) is 6.30. The zero-order valence-electron chi connectivity index (χ0n) is 11.6. The van der Waals surface area contributed by atoms with Crippen molar-refractivity contribution in [3.05, 3.63) is 0 Å². The van der Waals surface area contributed by atoms with Crippen molar-refractivity contribution in [3.8, 4) is 0 Å². The van der Waals surface area contributed by atoms with Crippen LogP contribution in [0, 0.1) is 0 Å². The molecule has 0 radical (unpaired) electrons. The van der Waals surface area contributed by atoms with E-state index in [1.165, 1.54) is 57.8 Å². The van der Waals surface area contributed by atoms with E-state index in [0.29, 0.717) is 11.7 Å². The Morgan fingerprint density at radius 2 is 2.00 bits per heavy atom. The van der Waals surface area contributed by atoms with E-state index in [9.17, 15) is 0 Å². The van der Waals surface area contributed by atoms with Gasteiger partial charge in [-0.15, -0.1) is 0 Å². The van der Waals surface area contributed by atoms with E-state index >= 15 is 0 Å². The van der Waals surface area contributed by atoms with Crippen LogP contribution in [0.2, 0.25) is 0 Å². The first kappa shape index (κ1) is 13.3. The van der Waals surface area contributed by atoms with Crippen LogP contribution in [0.4, 0.5) is 0 Å². The van der Waals surface area contributed by atoms with E-state index in [1.807, 2.05) is 11.8 Å². The number of nitrogens with one attached hydrogen (secondary N) is 1. The van der Waals surface area contributed by atoms with Crippen LogP contribution in [0.3, 0.4) is 0 Å². The Kier molecular flexibility index (Phi) is 4.21. The second-order valence-corrected chi connectivity index (χ2v) is 7.58. The van der Waals surface area contributed by atoms with Crippen LogP contribution in [-0.2, 0) is 4.74 Å². The summed E-state index contributed by atoms with van der Waals surface area (Å²) in [5, 5.41) is 4.65. The van der Waals surface area contributed by atoms with E-state index in [0.717, 1.165) is 17.8 Å². The minimum atomic E-state index is 0.309. The molecule has 1 aliphatic heterocycles. The molecule has 1 N–H and O–H groups in total. The average Bonchev–Trinajstić information content (AvgIpc) is 3.10. The molecule has 1 spiro atoms. The second-order valence-electron chi connectivity index (χ2n) is 6.44. The van der Waals surface area contributed by atoms with Crippen LogP contribution < -0.4 is 5.32 Å². The summed E-state index contributed by atoms with van der Waals surface area (Å²) in [7, 11) is 0. The van der Waals surface area contributed by atoms with Crippen molar-refractivity contribution in [3.63, 3.8) is 0 Å². The lowest BCUT2D eigenvalue weighted by Crippen LogP contribution is -2.35. The molecule has 2 aliphatic carbocycles. The maximum Gasteiger partial charge on any atom is 0.0708 e. The summed E-state index contributed by atoms with van der Waals surface area (Å²) >= 11 is 2.04. The predicted molar refractivity (Wildman–Crippen MR) is 78.3 cm³/mol. The molecule has 0 amide bonds. The predicted octanol–water partition coefficient (Wildman–Crippen LogP) is 3.35. The van der Waals surface area contributed by atoms with Gasteiger partial charge in [-0.05, 0) is 51.2 Å². The molecule has 3 fully saturated rings. The molecule has 104 valence electrons. The first-order valence-electron chi connectivity index (χ1n) is 7.74. The molecular formula is C15H27NOS. The summed E-state index contributed by atoms with van der Waals surface area (Å²) in [4.78, 5) is 0. The lowest BCUT2D eigenvalue weighted by Gasteiger charge is -2.24. The van der Waals surface area contributed by atoms with Crippen molar-refractivity contribution in [2.24, 2.45) is 0 Å². The fraction of sp³-hybridized carbons (Fsp3) is 1.00. The van der Waals surface area contributed by atoms with Gasteiger partial charge in [0.15, 0.2) is 0 Å². The Morgan fingerprint density at radius 1 is 1.17 bits per heavy atom. The first-order valence-corrected chi connectivity index (χ1v) is 9.02. The zero-order chi connectivity index (χ0) is 12.4. The lowest BCUT2D eigenvalue weighted by molar-refractivity contribution is -0.0358. The minimum Gasteiger partial charge on any atom is -0.370 e. The maximum atomic E-state index is 6.36. The first-order chi connectivity index (χ1) is 8.80. The molecule has 2 nitrogen and oxygen atoms in total. The summed E-state index contributed by atoms with van der Waals surface area (Å²) in [6.07, 6.45) is 14.9. The van der Waals surface area contributed by atoms with Gasteiger partial charge < -0.3 is 10.1 Å². The van der Waals surface area contributed by atoms with Gasteiger partial charge in [0.25, 0.3) is 0 Å². The van der Waals surface area contributed by atoms with Crippen molar-refractivity contribution >= 4 is 11.8 Å². The molecule has 3 rings (SSSR count). The van der Waals surface area contributed by atoms with Crippen molar-refractivity contribution in [2.75, 3.05) is 12.8 Å². The number of hydrogen-bond donors (Lipinski definition) is 1. The molecule has 0 bridgehead atoms. The van der Waals surface area contributed by atoms with Crippen LogP contribution >= 0.6 is 11.8 Å². The molecule has 3 aliphatic rings. The fourth-order valence-electron chi connectivity index (χ4n) is 4.06. The molecule has 0 aromatic carbocycles. The average molecular weight is 269 g/mol. The standard InChI is InChI=1S/C15H27NOS/c1-18-14-5-4-12(10-14)16-11-13-6-9-15(17-13)7-2-3-8-15/h12-14,16H,2-11H2,1H3. The molecule has 2 saturated carbocycles. The summed E-state index contributed by atoms with van der Waals surface area (Å²) in [6, 6.07) is 0.756. The maximum absolute atomic E-state index is 6.36. The van der Waals surface area contributed by atoms with E-state index in [1.54, 1.807) is 0 Å². The summed E-state index contributed by atoms with van der Waals surface area (Å²) < 4.78 is 6.36. The van der Waals surface area contributed by atoms with E-state index in [-0.39, 0.29) is 0 Å². The third-order valence-electron chi connectivity index (χ3n) is 5.21. The van der Waals surface area contributed by atoms with Gasteiger partial charge in [-0.25, -0.2) is 0 Å². The van der Waals surface area contributed by atoms with Gasteiger partial charge in [0.2, 0.25) is 0 Å². The highest BCUT2D eigenvalue weighted by atomic mass is 32.2. The summed E-state index contributed by atoms with van der Waals surface area (Å²) in [5.41, 5.74) is 0.309. The number of thioether (sulfide) groups is 1.